The Kier molecular flexibility index (Phi) is 6.26. The highest BCUT2D eigenvalue weighted by Gasteiger charge is 2.16. The Morgan fingerprint density at radius 1 is 0.900 bits per heavy atom. The highest BCUT2D eigenvalue weighted by atomic mass is 35.5. The number of benzene rings is 3. The molecule has 0 aliphatic carbocycles. The molecule has 0 aliphatic rings. The highest BCUT2D eigenvalue weighted by molar-refractivity contribution is 7.16. The zero-order valence-corrected chi connectivity index (χ0v) is 18.1. The Morgan fingerprint density at radius 3 is 2.23 bits per heavy atom. The van der Waals surface area contributed by atoms with Gasteiger partial charge in [-0.25, -0.2) is 4.98 Å². The van der Waals surface area contributed by atoms with Crippen molar-refractivity contribution in [3.05, 3.63) is 94.3 Å². The van der Waals surface area contributed by atoms with Gasteiger partial charge in [0.1, 0.15) is 0 Å². The smallest absolute Gasteiger partial charge is 0.258 e. The predicted octanol–water partition coefficient (Wildman–Crippen LogP) is 7.34. The summed E-state index contributed by atoms with van der Waals surface area (Å²) in [5.74, 6) is -0.247. The Hall–Kier alpha value is -2.95. The summed E-state index contributed by atoms with van der Waals surface area (Å²) in [6.07, 6.45) is 1.92. The van der Waals surface area contributed by atoms with Gasteiger partial charge in [-0.1, -0.05) is 91.7 Å². The average molecular weight is 433 g/mol. The van der Waals surface area contributed by atoms with E-state index in [-0.39, 0.29) is 5.91 Å². The van der Waals surface area contributed by atoms with Gasteiger partial charge in [0.05, 0.1) is 16.3 Å². The van der Waals surface area contributed by atoms with Crippen LogP contribution in [0.25, 0.3) is 22.4 Å². The van der Waals surface area contributed by atoms with Gasteiger partial charge in [0, 0.05) is 10.4 Å². The van der Waals surface area contributed by atoms with Crippen LogP contribution in [0, 0.1) is 0 Å². The first-order chi connectivity index (χ1) is 14.7. The molecule has 0 spiro atoms. The van der Waals surface area contributed by atoms with Crippen molar-refractivity contribution in [3.8, 4) is 22.4 Å². The normalized spacial score (nSPS) is 10.7. The number of hydrogen-bond donors (Lipinski definition) is 1. The Labute approximate surface area is 185 Å². The third kappa shape index (κ3) is 4.45. The lowest BCUT2D eigenvalue weighted by Gasteiger charge is -2.05. The van der Waals surface area contributed by atoms with Crippen LogP contribution in [0.2, 0.25) is 5.02 Å². The molecule has 0 saturated heterocycles. The number of amides is 1. The molecular weight excluding hydrogens is 412 g/mol. The number of thiazole rings is 1. The van der Waals surface area contributed by atoms with E-state index in [0.29, 0.717) is 15.7 Å². The maximum atomic E-state index is 12.6. The first-order valence-electron chi connectivity index (χ1n) is 9.87. The van der Waals surface area contributed by atoms with Gasteiger partial charge in [-0.15, -0.1) is 11.3 Å². The maximum absolute atomic E-state index is 12.6. The van der Waals surface area contributed by atoms with Gasteiger partial charge >= 0.3 is 0 Å². The van der Waals surface area contributed by atoms with E-state index in [0.717, 1.165) is 24.1 Å². The predicted molar refractivity (Wildman–Crippen MR) is 126 cm³/mol. The zero-order chi connectivity index (χ0) is 20.9. The minimum Gasteiger partial charge on any atom is -0.298 e. The second-order valence-corrected chi connectivity index (χ2v) is 8.41. The van der Waals surface area contributed by atoms with Crippen LogP contribution in [-0.4, -0.2) is 10.9 Å². The van der Waals surface area contributed by atoms with Gasteiger partial charge in [-0.3, -0.25) is 10.1 Å². The van der Waals surface area contributed by atoms with Crippen LogP contribution < -0.4 is 5.32 Å². The molecule has 150 valence electrons. The third-order valence-corrected chi connectivity index (χ3v) is 6.14. The molecule has 1 aromatic heterocycles. The fourth-order valence-corrected chi connectivity index (χ4v) is 4.59. The first-order valence-corrected chi connectivity index (χ1v) is 11.1. The second-order valence-electron chi connectivity index (χ2n) is 6.92. The lowest BCUT2D eigenvalue weighted by atomic mass is 10.0. The van der Waals surface area contributed by atoms with E-state index in [1.807, 2.05) is 18.2 Å². The lowest BCUT2D eigenvalue weighted by molar-refractivity contribution is 0.102. The van der Waals surface area contributed by atoms with Crippen LogP contribution in [-0.2, 0) is 6.42 Å². The van der Waals surface area contributed by atoms with Crippen molar-refractivity contribution < 1.29 is 4.79 Å². The molecular formula is C25H21ClN2OS. The van der Waals surface area contributed by atoms with E-state index < -0.39 is 0 Å². The average Bonchev–Trinajstić information content (AvgIpc) is 3.17. The molecule has 3 nitrogen and oxygen atoms in total. The highest BCUT2D eigenvalue weighted by Crippen LogP contribution is 2.34. The molecule has 1 heterocycles. The largest absolute Gasteiger partial charge is 0.298 e. The minimum absolute atomic E-state index is 0.247. The fourth-order valence-electron chi connectivity index (χ4n) is 3.29. The number of rotatable bonds is 6. The van der Waals surface area contributed by atoms with Crippen molar-refractivity contribution in [1.82, 2.24) is 4.98 Å². The van der Waals surface area contributed by atoms with Crippen molar-refractivity contribution >= 4 is 34.0 Å². The standard InChI is InChI=1S/C25H21ClN2OS/c1-2-8-22-23(19-15-13-18(14-16-19)17-9-4-3-5-10-17)27-25(30-22)28-24(29)20-11-6-7-12-21(20)26/h3-7,9-16H,2,8H2,1H3,(H,27,28,29). The topological polar surface area (TPSA) is 42.0 Å². The van der Waals surface area contributed by atoms with Crippen LogP contribution in [0.3, 0.4) is 0 Å². The summed E-state index contributed by atoms with van der Waals surface area (Å²) in [6.45, 7) is 2.14. The molecule has 0 fully saturated rings. The molecule has 0 radical (unpaired) electrons. The molecule has 3 aromatic carbocycles. The molecule has 0 unspecified atom stereocenters. The summed E-state index contributed by atoms with van der Waals surface area (Å²) in [7, 11) is 0. The number of aryl methyl sites for hydroxylation is 1. The van der Waals surface area contributed by atoms with Gasteiger partial charge < -0.3 is 0 Å². The van der Waals surface area contributed by atoms with Gasteiger partial charge in [0.15, 0.2) is 5.13 Å². The number of carbonyl (C=O) groups is 1. The third-order valence-electron chi connectivity index (χ3n) is 4.78. The Balaban J connectivity index is 1.61. The molecule has 1 N–H and O–H groups in total. The molecule has 0 bridgehead atoms. The van der Waals surface area contributed by atoms with E-state index in [1.165, 1.54) is 27.3 Å². The van der Waals surface area contributed by atoms with Crippen LogP contribution in [0.4, 0.5) is 5.13 Å². The van der Waals surface area contributed by atoms with E-state index >= 15 is 0 Å². The second kappa shape index (κ2) is 9.24. The zero-order valence-electron chi connectivity index (χ0n) is 16.6. The SMILES string of the molecule is CCCc1sc(NC(=O)c2ccccc2Cl)nc1-c1ccc(-c2ccccc2)cc1. The van der Waals surface area contributed by atoms with E-state index in [9.17, 15) is 4.79 Å². The number of anilines is 1. The summed E-state index contributed by atoms with van der Waals surface area (Å²) in [6, 6.07) is 25.7. The van der Waals surface area contributed by atoms with Crippen molar-refractivity contribution in [2.75, 3.05) is 5.32 Å². The first kappa shape index (κ1) is 20.3. The summed E-state index contributed by atoms with van der Waals surface area (Å²) >= 11 is 7.68. The van der Waals surface area contributed by atoms with Crippen LogP contribution in [0.1, 0.15) is 28.6 Å². The quantitative estimate of drug-likeness (QED) is 0.346. The van der Waals surface area contributed by atoms with Crippen LogP contribution in [0.5, 0.6) is 0 Å². The van der Waals surface area contributed by atoms with Crippen molar-refractivity contribution in [1.29, 1.82) is 0 Å². The Bertz CT molecular complexity index is 1150. The number of nitrogens with zero attached hydrogens (tertiary/aromatic N) is 1. The molecule has 5 heteroatoms. The van der Waals surface area contributed by atoms with Crippen molar-refractivity contribution in [2.45, 2.75) is 19.8 Å². The number of halogens is 1. The van der Waals surface area contributed by atoms with Crippen molar-refractivity contribution in [3.63, 3.8) is 0 Å². The molecule has 0 saturated carbocycles. The monoisotopic (exact) mass is 432 g/mol. The Morgan fingerprint density at radius 2 is 1.53 bits per heavy atom. The molecule has 4 rings (SSSR count). The van der Waals surface area contributed by atoms with Gasteiger partial charge in [0.2, 0.25) is 0 Å². The minimum atomic E-state index is -0.247. The number of carbonyl (C=O) groups excluding carboxylic acids is 1. The molecule has 0 atom stereocenters. The number of nitrogens with one attached hydrogen (secondary N) is 1. The molecule has 4 aromatic rings. The van der Waals surface area contributed by atoms with Crippen LogP contribution >= 0.6 is 22.9 Å². The summed E-state index contributed by atoms with van der Waals surface area (Å²) < 4.78 is 0. The molecule has 1 amide bonds. The van der Waals surface area contributed by atoms with Gasteiger partial charge in [-0.05, 0) is 29.7 Å². The van der Waals surface area contributed by atoms with Crippen LogP contribution in [0.15, 0.2) is 78.9 Å². The number of hydrogen-bond acceptors (Lipinski definition) is 3. The summed E-state index contributed by atoms with van der Waals surface area (Å²) in [5.41, 5.74) is 4.77. The number of aromatic nitrogens is 1. The fraction of sp³-hybridized carbons (Fsp3) is 0.120. The lowest BCUT2D eigenvalue weighted by Crippen LogP contribution is -2.12. The van der Waals surface area contributed by atoms with E-state index in [2.05, 4.69) is 48.6 Å². The van der Waals surface area contributed by atoms with Gasteiger partial charge in [-0.2, -0.15) is 0 Å². The van der Waals surface area contributed by atoms with Gasteiger partial charge in [0.25, 0.3) is 5.91 Å². The molecule has 0 aliphatic heterocycles. The van der Waals surface area contributed by atoms with E-state index in [4.69, 9.17) is 16.6 Å². The molecule has 30 heavy (non-hydrogen) atoms. The summed E-state index contributed by atoms with van der Waals surface area (Å²) in [4.78, 5) is 18.5. The summed E-state index contributed by atoms with van der Waals surface area (Å²) in [5, 5.41) is 3.93. The van der Waals surface area contributed by atoms with Crippen molar-refractivity contribution in [2.24, 2.45) is 0 Å². The van der Waals surface area contributed by atoms with E-state index in [1.54, 1.807) is 24.3 Å². The maximum Gasteiger partial charge on any atom is 0.258 e.